The summed E-state index contributed by atoms with van der Waals surface area (Å²) in [4.78, 5) is 11.8. The molecule has 0 unspecified atom stereocenters. The number of nitrogens with one attached hydrogen (secondary N) is 1. The van der Waals surface area contributed by atoms with Gasteiger partial charge in [-0.15, -0.1) is 0 Å². The molecule has 1 aliphatic rings. The van der Waals surface area contributed by atoms with Gasteiger partial charge in [-0.1, -0.05) is 15.9 Å². The van der Waals surface area contributed by atoms with Gasteiger partial charge >= 0.3 is 0 Å². The third kappa shape index (κ3) is 3.11. The highest BCUT2D eigenvalue weighted by Gasteiger charge is 2.41. The summed E-state index contributed by atoms with van der Waals surface area (Å²) in [6.45, 7) is 0.426. The third-order valence-electron chi connectivity index (χ3n) is 3.49. The van der Waals surface area contributed by atoms with Gasteiger partial charge in [0.1, 0.15) is 0 Å². The second-order valence-electron chi connectivity index (χ2n) is 4.84. The van der Waals surface area contributed by atoms with Crippen LogP contribution in [-0.4, -0.2) is 17.8 Å². The van der Waals surface area contributed by atoms with Crippen LogP contribution in [0.15, 0.2) is 12.1 Å². The van der Waals surface area contributed by atoms with Gasteiger partial charge in [0.15, 0.2) is 17.5 Å². The molecule has 1 fully saturated rings. The van der Waals surface area contributed by atoms with E-state index in [0.29, 0.717) is 6.54 Å². The van der Waals surface area contributed by atoms with Gasteiger partial charge in [-0.25, -0.2) is 13.2 Å². The maximum absolute atomic E-state index is 13.4. The topological polar surface area (TPSA) is 29.1 Å². The molecule has 0 saturated heterocycles. The van der Waals surface area contributed by atoms with Crippen molar-refractivity contribution in [2.45, 2.75) is 19.3 Å². The molecule has 1 amide bonds. The highest BCUT2D eigenvalue weighted by Crippen LogP contribution is 2.48. The molecule has 0 aliphatic heterocycles. The standard InChI is InChI=1S/C13H13BrF3NO/c14-6-5-13(3-4-13)7-18-12(19)8-1-2-9(15)11(17)10(8)16/h1-2H,3-7H2,(H,18,19). The maximum Gasteiger partial charge on any atom is 0.254 e. The van der Waals surface area contributed by atoms with Crippen LogP contribution in [0.1, 0.15) is 29.6 Å². The van der Waals surface area contributed by atoms with Crippen molar-refractivity contribution in [2.75, 3.05) is 11.9 Å². The Morgan fingerprint density at radius 2 is 1.95 bits per heavy atom. The van der Waals surface area contributed by atoms with E-state index in [0.717, 1.165) is 36.7 Å². The molecule has 0 bridgehead atoms. The molecular formula is C13H13BrF3NO. The normalized spacial score (nSPS) is 16.2. The fourth-order valence-corrected chi connectivity index (χ4v) is 2.80. The summed E-state index contributed by atoms with van der Waals surface area (Å²) in [5.41, 5.74) is -0.387. The number of rotatable bonds is 5. The number of alkyl halides is 1. The van der Waals surface area contributed by atoms with E-state index in [9.17, 15) is 18.0 Å². The Kier molecular flexibility index (Phi) is 4.18. The van der Waals surface area contributed by atoms with E-state index in [1.54, 1.807) is 0 Å². The van der Waals surface area contributed by atoms with E-state index in [2.05, 4.69) is 21.2 Å². The van der Waals surface area contributed by atoms with Crippen LogP contribution in [0.5, 0.6) is 0 Å². The van der Waals surface area contributed by atoms with Gasteiger partial charge in [0.25, 0.3) is 5.91 Å². The number of hydrogen-bond donors (Lipinski definition) is 1. The molecule has 2 nitrogen and oxygen atoms in total. The SMILES string of the molecule is O=C(NCC1(CCBr)CC1)c1ccc(F)c(F)c1F. The van der Waals surface area contributed by atoms with Crippen molar-refractivity contribution in [3.63, 3.8) is 0 Å². The van der Waals surface area contributed by atoms with Crippen molar-refractivity contribution < 1.29 is 18.0 Å². The monoisotopic (exact) mass is 335 g/mol. The number of carbonyl (C=O) groups is 1. The zero-order chi connectivity index (χ0) is 14.0. The van der Waals surface area contributed by atoms with Crippen LogP contribution in [0.25, 0.3) is 0 Å². The van der Waals surface area contributed by atoms with Gasteiger partial charge in [0, 0.05) is 11.9 Å². The van der Waals surface area contributed by atoms with Gasteiger partial charge in [-0.2, -0.15) is 0 Å². The Morgan fingerprint density at radius 3 is 2.53 bits per heavy atom. The van der Waals surface area contributed by atoms with Crippen molar-refractivity contribution in [2.24, 2.45) is 5.41 Å². The van der Waals surface area contributed by atoms with Crippen molar-refractivity contribution in [1.29, 1.82) is 0 Å². The summed E-state index contributed by atoms with van der Waals surface area (Å²) in [7, 11) is 0. The molecule has 0 heterocycles. The molecule has 6 heteroatoms. The van der Waals surface area contributed by atoms with E-state index in [1.807, 2.05) is 0 Å². The molecular weight excluding hydrogens is 323 g/mol. The predicted octanol–water partition coefficient (Wildman–Crippen LogP) is 3.40. The van der Waals surface area contributed by atoms with Crippen LogP contribution in [0.2, 0.25) is 0 Å². The fourth-order valence-electron chi connectivity index (χ4n) is 1.96. The van der Waals surface area contributed by atoms with Crippen LogP contribution in [0, 0.1) is 22.9 Å². The lowest BCUT2D eigenvalue weighted by Gasteiger charge is -2.14. The van der Waals surface area contributed by atoms with E-state index >= 15 is 0 Å². The summed E-state index contributed by atoms with van der Waals surface area (Å²) >= 11 is 3.34. The minimum atomic E-state index is -1.62. The van der Waals surface area contributed by atoms with Gasteiger partial charge < -0.3 is 5.32 Å². The molecule has 2 rings (SSSR count). The number of benzene rings is 1. The Hall–Kier alpha value is -1.04. The largest absolute Gasteiger partial charge is 0.351 e. The Morgan fingerprint density at radius 1 is 1.26 bits per heavy atom. The van der Waals surface area contributed by atoms with Crippen LogP contribution < -0.4 is 5.32 Å². The van der Waals surface area contributed by atoms with Gasteiger partial charge in [0.05, 0.1) is 5.56 Å². The number of carbonyl (C=O) groups excluding carboxylic acids is 1. The quantitative estimate of drug-likeness (QED) is 0.648. The van der Waals surface area contributed by atoms with Gasteiger partial charge in [-0.05, 0) is 36.8 Å². The lowest BCUT2D eigenvalue weighted by atomic mass is 10.0. The molecule has 1 N–H and O–H groups in total. The van der Waals surface area contributed by atoms with Crippen LogP contribution >= 0.6 is 15.9 Å². The molecule has 1 aliphatic carbocycles. The first-order valence-corrected chi connectivity index (χ1v) is 7.09. The second-order valence-corrected chi connectivity index (χ2v) is 5.64. The van der Waals surface area contributed by atoms with Gasteiger partial charge in [0.2, 0.25) is 0 Å². The van der Waals surface area contributed by atoms with Crippen molar-refractivity contribution in [1.82, 2.24) is 5.32 Å². The zero-order valence-electron chi connectivity index (χ0n) is 10.1. The zero-order valence-corrected chi connectivity index (χ0v) is 11.7. The molecule has 1 saturated carbocycles. The highest BCUT2D eigenvalue weighted by atomic mass is 79.9. The number of amides is 1. The van der Waals surface area contributed by atoms with Crippen molar-refractivity contribution >= 4 is 21.8 Å². The molecule has 19 heavy (non-hydrogen) atoms. The maximum atomic E-state index is 13.4. The molecule has 1 aromatic rings. The molecule has 0 radical (unpaired) electrons. The fraction of sp³-hybridized carbons (Fsp3) is 0.462. The Bertz CT molecular complexity index is 503. The highest BCUT2D eigenvalue weighted by molar-refractivity contribution is 9.09. The Labute approximate surface area is 117 Å². The van der Waals surface area contributed by atoms with E-state index in [4.69, 9.17) is 0 Å². The van der Waals surface area contributed by atoms with Crippen molar-refractivity contribution in [3.05, 3.63) is 35.1 Å². The minimum Gasteiger partial charge on any atom is -0.351 e. The summed E-state index contributed by atoms with van der Waals surface area (Å²) in [6, 6.07) is 1.70. The van der Waals surface area contributed by atoms with E-state index < -0.39 is 28.9 Å². The lowest BCUT2D eigenvalue weighted by molar-refractivity contribution is 0.0939. The van der Waals surface area contributed by atoms with Crippen LogP contribution in [0.3, 0.4) is 0 Å². The number of halogens is 4. The first kappa shape index (κ1) is 14.4. The lowest BCUT2D eigenvalue weighted by Crippen LogP contribution is -2.31. The van der Waals surface area contributed by atoms with Crippen molar-refractivity contribution in [3.8, 4) is 0 Å². The summed E-state index contributed by atoms with van der Waals surface area (Å²) in [5.74, 6) is -5.07. The average Bonchev–Trinajstić information content (AvgIpc) is 3.14. The van der Waals surface area contributed by atoms with E-state index in [-0.39, 0.29) is 5.41 Å². The second kappa shape index (κ2) is 5.53. The molecule has 104 valence electrons. The van der Waals surface area contributed by atoms with Gasteiger partial charge in [-0.3, -0.25) is 4.79 Å². The summed E-state index contributed by atoms with van der Waals surface area (Å²) < 4.78 is 39.2. The van der Waals surface area contributed by atoms with Crippen LogP contribution in [-0.2, 0) is 0 Å². The molecule has 0 atom stereocenters. The molecule has 1 aromatic carbocycles. The molecule has 0 spiro atoms. The Balaban J connectivity index is 2.03. The minimum absolute atomic E-state index is 0.0776. The smallest absolute Gasteiger partial charge is 0.254 e. The summed E-state index contributed by atoms with van der Waals surface area (Å²) in [6.07, 6.45) is 2.95. The third-order valence-corrected chi connectivity index (χ3v) is 3.88. The first-order valence-electron chi connectivity index (χ1n) is 5.97. The average molecular weight is 336 g/mol. The summed E-state index contributed by atoms with van der Waals surface area (Å²) in [5, 5.41) is 3.42. The predicted molar refractivity (Wildman–Crippen MR) is 68.7 cm³/mol. The molecule has 0 aromatic heterocycles. The van der Waals surface area contributed by atoms with Crippen LogP contribution in [0.4, 0.5) is 13.2 Å². The van der Waals surface area contributed by atoms with E-state index in [1.165, 1.54) is 0 Å². The first-order chi connectivity index (χ1) is 8.99. The number of hydrogen-bond acceptors (Lipinski definition) is 1.